The van der Waals surface area contributed by atoms with E-state index in [-0.39, 0.29) is 16.6 Å². The summed E-state index contributed by atoms with van der Waals surface area (Å²) in [7, 11) is 0. The lowest BCUT2D eigenvalue weighted by Gasteiger charge is -2.23. The van der Waals surface area contributed by atoms with Crippen LogP contribution in [0.3, 0.4) is 0 Å². The summed E-state index contributed by atoms with van der Waals surface area (Å²) in [5.74, 6) is 0.989. The van der Waals surface area contributed by atoms with Crippen LogP contribution < -0.4 is 5.32 Å². The number of nitrogens with zero attached hydrogens (tertiary/aromatic N) is 1. The van der Waals surface area contributed by atoms with Crippen LogP contribution in [0.25, 0.3) is 0 Å². The number of rotatable bonds is 2. The molecule has 1 fully saturated rings. The minimum absolute atomic E-state index is 0.0275. The van der Waals surface area contributed by atoms with Gasteiger partial charge >= 0.3 is 6.03 Å². The second kappa shape index (κ2) is 6.52. The molecule has 1 aliphatic heterocycles. The zero-order valence-electron chi connectivity index (χ0n) is 12.8. The van der Waals surface area contributed by atoms with E-state index in [9.17, 15) is 9.59 Å². The van der Waals surface area contributed by atoms with Gasteiger partial charge < -0.3 is 10.2 Å². The van der Waals surface area contributed by atoms with Crippen LogP contribution >= 0.6 is 11.8 Å². The Balaban J connectivity index is 1.96. The fourth-order valence-corrected chi connectivity index (χ4v) is 3.31. The van der Waals surface area contributed by atoms with E-state index in [4.69, 9.17) is 0 Å². The predicted molar refractivity (Wildman–Crippen MR) is 88.2 cm³/mol. The average Bonchev–Trinajstić information content (AvgIpc) is 2.60. The molecule has 1 aromatic carbocycles. The lowest BCUT2D eigenvalue weighted by atomic mass is 10.1. The molecule has 1 aromatic rings. The van der Waals surface area contributed by atoms with E-state index >= 15 is 0 Å². The molecule has 0 spiro atoms. The molecule has 1 saturated heterocycles. The van der Waals surface area contributed by atoms with E-state index < -0.39 is 0 Å². The van der Waals surface area contributed by atoms with Crippen molar-refractivity contribution in [3.05, 3.63) is 29.8 Å². The minimum atomic E-state index is -0.0659. The third-order valence-corrected chi connectivity index (χ3v) is 5.04. The Hall–Kier alpha value is -1.49. The van der Waals surface area contributed by atoms with Crippen molar-refractivity contribution in [1.82, 2.24) is 4.90 Å². The summed E-state index contributed by atoms with van der Waals surface area (Å²) in [5, 5.41) is 2.90. The molecule has 2 amide bonds. The van der Waals surface area contributed by atoms with Gasteiger partial charge in [0.2, 0.25) is 0 Å². The zero-order chi connectivity index (χ0) is 15.5. The molecule has 0 unspecified atom stereocenters. The summed E-state index contributed by atoms with van der Waals surface area (Å²) >= 11 is 1.91. The average molecular weight is 306 g/mol. The van der Waals surface area contributed by atoms with E-state index in [1.54, 1.807) is 24.3 Å². The van der Waals surface area contributed by atoms with E-state index in [2.05, 4.69) is 19.2 Å². The second-order valence-electron chi connectivity index (χ2n) is 5.91. The molecule has 1 aliphatic rings. The predicted octanol–water partition coefficient (Wildman–Crippen LogP) is 3.64. The molecule has 1 N–H and O–H groups in total. The molecule has 0 aliphatic carbocycles. The van der Waals surface area contributed by atoms with Gasteiger partial charge in [-0.3, -0.25) is 4.79 Å². The smallest absolute Gasteiger partial charge is 0.321 e. The van der Waals surface area contributed by atoms with Crippen molar-refractivity contribution in [3.63, 3.8) is 0 Å². The Labute approximate surface area is 130 Å². The SMILES string of the molecule is CC(=O)c1ccc(NC(=O)N2CCSC(C)(C)CC2)cc1. The van der Waals surface area contributed by atoms with Crippen molar-refractivity contribution in [2.45, 2.75) is 31.9 Å². The first kappa shape index (κ1) is 15.9. The van der Waals surface area contributed by atoms with Gasteiger partial charge in [0.15, 0.2) is 5.78 Å². The number of thioether (sulfide) groups is 1. The number of urea groups is 1. The summed E-state index contributed by atoms with van der Waals surface area (Å²) in [5.41, 5.74) is 1.38. The van der Waals surface area contributed by atoms with Gasteiger partial charge in [0.1, 0.15) is 0 Å². The fraction of sp³-hybridized carbons (Fsp3) is 0.500. The molecule has 0 atom stereocenters. The number of benzene rings is 1. The highest BCUT2D eigenvalue weighted by atomic mass is 32.2. The summed E-state index contributed by atoms with van der Waals surface area (Å²) in [6.45, 7) is 7.52. The molecule has 0 saturated carbocycles. The summed E-state index contributed by atoms with van der Waals surface area (Å²) in [6.07, 6.45) is 0.994. The van der Waals surface area contributed by atoms with E-state index in [1.165, 1.54) is 6.92 Å². The quantitative estimate of drug-likeness (QED) is 0.849. The van der Waals surface area contributed by atoms with Crippen LogP contribution in [-0.4, -0.2) is 40.3 Å². The molecule has 1 heterocycles. The van der Waals surface area contributed by atoms with Crippen molar-refractivity contribution in [2.24, 2.45) is 0 Å². The monoisotopic (exact) mass is 306 g/mol. The van der Waals surface area contributed by atoms with E-state index in [0.717, 1.165) is 31.0 Å². The van der Waals surface area contributed by atoms with Crippen molar-refractivity contribution >= 4 is 29.3 Å². The highest BCUT2D eigenvalue weighted by molar-refractivity contribution is 8.00. The third kappa shape index (κ3) is 4.49. The molecule has 5 heteroatoms. The molecular formula is C16H22N2O2S. The van der Waals surface area contributed by atoms with Crippen LogP contribution in [0.15, 0.2) is 24.3 Å². The zero-order valence-corrected chi connectivity index (χ0v) is 13.6. The Morgan fingerprint density at radius 3 is 2.48 bits per heavy atom. The molecular weight excluding hydrogens is 284 g/mol. The number of ketones is 1. The van der Waals surface area contributed by atoms with Gasteiger partial charge in [-0.15, -0.1) is 0 Å². The molecule has 0 bridgehead atoms. The molecule has 0 radical (unpaired) electrons. The number of Topliss-reactive ketones (excluding diaryl/α,β-unsaturated/α-hetero) is 1. The normalized spacial score (nSPS) is 18.0. The van der Waals surface area contributed by atoms with Crippen LogP contribution in [0, 0.1) is 0 Å². The number of hydrogen-bond donors (Lipinski definition) is 1. The van der Waals surface area contributed by atoms with Crippen LogP contribution in [0.1, 0.15) is 37.6 Å². The Morgan fingerprint density at radius 1 is 1.19 bits per heavy atom. The van der Waals surface area contributed by atoms with E-state index in [1.807, 2.05) is 16.7 Å². The molecule has 21 heavy (non-hydrogen) atoms. The molecule has 2 rings (SSSR count). The van der Waals surface area contributed by atoms with Gasteiger partial charge in [0, 0.05) is 34.8 Å². The number of amides is 2. The largest absolute Gasteiger partial charge is 0.324 e. The Morgan fingerprint density at radius 2 is 1.86 bits per heavy atom. The number of anilines is 1. The van der Waals surface area contributed by atoms with Crippen molar-refractivity contribution < 1.29 is 9.59 Å². The first-order valence-electron chi connectivity index (χ1n) is 7.18. The van der Waals surface area contributed by atoms with Gasteiger partial charge in [0.25, 0.3) is 0 Å². The number of carbonyl (C=O) groups is 2. The van der Waals surface area contributed by atoms with Gasteiger partial charge in [0.05, 0.1) is 0 Å². The fourth-order valence-electron chi connectivity index (χ4n) is 2.21. The summed E-state index contributed by atoms with van der Waals surface area (Å²) < 4.78 is 0.234. The van der Waals surface area contributed by atoms with Crippen LogP contribution in [0.2, 0.25) is 0 Å². The van der Waals surface area contributed by atoms with Gasteiger partial charge in [-0.05, 0) is 37.6 Å². The number of carbonyl (C=O) groups excluding carboxylic acids is 2. The van der Waals surface area contributed by atoms with Gasteiger partial charge in [-0.2, -0.15) is 11.8 Å². The maximum atomic E-state index is 12.3. The third-order valence-electron chi connectivity index (χ3n) is 3.67. The van der Waals surface area contributed by atoms with Crippen LogP contribution in [-0.2, 0) is 0 Å². The van der Waals surface area contributed by atoms with Crippen LogP contribution in [0.5, 0.6) is 0 Å². The Kier molecular flexibility index (Phi) is 4.93. The van der Waals surface area contributed by atoms with Gasteiger partial charge in [-0.25, -0.2) is 4.79 Å². The minimum Gasteiger partial charge on any atom is -0.324 e. The summed E-state index contributed by atoms with van der Waals surface area (Å²) in [4.78, 5) is 25.4. The number of hydrogen-bond acceptors (Lipinski definition) is 3. The van der Waals surface area contributed by atoms with Crippen molar-refractivity contribution in [1.29, 1.82) is 0 Å². The van der Waals surface area contributed by atoms with Crippen molar-refractivity contribution in [2.75, 3.05) is 24.2 Å². The molecule has 4 nitrogen and oxygen atoms in total. The highest BCUT2D eigenvalue weighted by Gasteiger charge is 2.25. The van der Waals surface area contributed by atoms with Crippen LogP contribution in [0.4, 0.5) is 10.5 Å². The first-order chi connectivity index (χ1) is 9.87. The maximum Gasteiger partial charge on any atom is 0.321 e. The van der Waals surface area contributed by atoms with Gasteiger partial charge in [-0.1, -0.05) is 13.8 Å². The first-order valence-corrected chi connectivity index (χ1v) is 8.17. The topological polar surface area (TPSA) is 49.4 Å². The lowest BCUT2D eigenvalue weighted by molar-refractivity contribution is 0.101. The molecule has 114 valence electrons. The Bertz CT molecular complexity index is 526. The second-order valence-corrected chi connectivity index (χ2v) is 7.71. The highest BCUT2D eigenvalue weighted by Crippen LogP contribution is 2.30. The van der Waals surface area contributed by atoms with E-state index in [0.29, 0.717) is 5.56 Å². The standard InChI is InChI=1S/C16H22N2O2S/c1-12(19)13-4-6-14(7-5-13)17-15(20)18-9-8-16(2,3)21-11-10-18/h4-7H,8-11H2,1-3H3,(H,17,20). The lowest BCUT2D eigenvalue weighted by Crippen LogP contribution is -2.37. The maximum absolute atomic E-state index is 12.3. The summed E-state index contributed by atoms with van der Waals surface area (Å²) in [6, 6.07) is 6.94. The molecule has 0 aromatic heterocycles. The number of nitrogens with one attached hydrogen (secondary N) is 1. The van der Waals surface area contributed by atoms with Crippen molar-refractivity contribution in [3.8, 4) is 0 Å².